The molecule has 680 valence electrons. The number of aromatic nitrogens is 9. The van der Waals surface area contributed by atoms with E-state index in [-0.39, 0.29) is 0 Å². The Bertz CT molecular complexity index is 10100. The Morgan fingerprint density at radius 2 is 0.349 bits per heavy atom. The van der Waals surface area contributed by atoms with Crippen molar-refractivity contribution in [1.29, 1.82) is 0 Å². The maximum Gasteiger partial charge on any atom is 0.164 e. The molecule has 24 aromatic carbocycles. The number of para-hydroxylation sites is 2. The highest BCUT2D eigenvalue weighted by atomic mass is 16.3. The molecule has 11 heteroatoms. The molecule has 0 fully saturated rings. The number of rotatable bonds is 13. The molecule has 29 rings (SSSR count). The highest BCUT2D eigenvalue weighted by Gasteiger charge is 2.25. The van der Waals surface area contributed by atoms with Gasteiger partial charge in [0.2, 0.25) is 0 Å². The lowest BCUT2D eigenvalue weighted by molar-refractivity contribution is 0.668. The fourth-order valence-corrected chi connectivity index (χ4v) is 21.2. The molecular formula is C135H83N9O2. The van der Waals surface area contributed by atoms with E-state index in [0.29, 0.717) is 52.4 Å². The summed E-state index contributed by atoms with van der Waals surface area (Å²) < 4.78 is 12.4. The minimum Gasteiger partial charge on any atom is -0.456 e. The maximum atomic E-state index is 6.23. The van der Waals surface area contributed by atoms with Crippen molar-refractivity contribution in [1.82, 2.24) is 44.9 Å². The van der Waals surface area contributed by atoms with Gasteiger partial charge in [-0.05, 0) is 184 Å². The lowest BCUT2D eigenvalue weighted by Crippen LogP contribution is -2.00. The van der Waals surface area contributed by atoms with Crippen LogP contribution in [0.15, 0.2) is 512 Å². The summed E-state index contributed by atoms with van der Waals surface area (Å²) in [5, 5.41) is 26.1. The summed E-state index contributed by atoms with van der Waals surface area (Å²) in [6.07, 6.45) is 0. The molecule has 0 atom stereocenters. The van der Waals surface area contributed by atoms with Crippen molar-refractivity contribution in [3.63, 3.8) is 0 Å². The van der Waals surface area contributed by atoms with Crippen LogP contribution >= 0.6 is 0 Å². The molecule has 0 aliphatic carbocycles. The average Bonchev–Trinajstić information content (AvgIpc) is 1.10. The first-order chi connectivity index (χ1) is 72.3. The summed E-state index contributed by atoms with van der Waals surface area (Å²) in [7, 11) is 0. The highest BCUT2D eigenvalue weighted by Crippen LogP contribution is 2.47. The van der Waals surface area contributed by atoms with Crippen LogP contribution in [0.3, 0.4) is 0 Å². The number of fused-ring (bicyclic) bond motifs is 21. The number of hydrogen-bond donors (Lipinski definition) is 0. The summed E-state index contributed by atoms with van der Waals surface area (Å²) in [5.41, 5.74) is 21.3. The van der Waals surface area contributed by atoms with Gasteiger partial charge in [0.15, 0.2) is 52.4 Å². The Morgan fingerprint density at radius 3 is 0.726 bits per heavy atom. The Balaban J connectivity index is 0.000000110. The third-order valence-corrected chi connectivity index (χ3v) is 28.1. The first kappa shape index (κ1) is 85.4. The molecule has 0 bridgehead atoms. The van der Waals surface area contributed by atoms with Gasteiger partial charge in [-0.1, -0.05) is 461 Å². The molecule has 146 heavy (non-hydrogen) atoms. The summed E-state index contributed by atoms with van der Waals surface area (Å²) in [6.45, 7) is 0. The smallest absolute Gasteiger partial charge is 0.164 e. The van der Waals surface area contributed by atoms with Gasteiger partial charge in [0.25, 0.3) is 0 Å². The molecule has 0 N–H and O–H groups in total. The standard InChI is InChI=1S/C51H31N3O.C45H27N3O.C39H25N3/c1-3-11-33(12-4-1)40-17-9-15-35-26-27-36-25-23-34-24-30-39(31-43(34)47(36)46(35)40)32-21-28-38(29-22-32)50-52-49(37-13-5-2-6-14-37)53-51(54-50)42-18-10-20-45-48(42)41-16-7-8-19-44(41)55-45;1-3-11-28(12-4-1)34-17-9-15-29-21-22-30-23-24-32-27-33(25-26-35(32)41(30)40(29)34)44-46-43(31-13-5-2-6-14-31)47-45(48-44)37-18-10-20-39-42(37)36-16-7-8-19-38(36)49-39;1-4-11-26(12-5-1)33-18-10-17-28-22-23-29-21-19-27-20-24-32(25-34(27)36(29)35(28)33)39-41-37(30-13-6-2-7-14-30)40-38(42-39)31-15-8-3-9-16-31/h1-31H;1-27H;1-25H. The molecule has 5 heterocycles. The highest BCUT2D eigenvalue weighted by molar-refractivity contribution is 6.28. The molecule has 5 aromatic heterocycles. The Morgan fingerprint density at radius 1 is 0.110 bits per heavy atom. The van der Waals surface area contributed by atoms with E-state index in [2.05, 4.69) is 322 Å². The average molecular weight is 1860 g/mol. The molecule has 29 aromatic rings. The van der Waals surface area contributed by atoms with Gasteiger partial charge in [-0.2, -0.15) is 0 Å². The molecule has 0 aliphatic heterocycles. The van der Waals surface area contributed by atoms with Crippen LogP contribution < -0.4 is 0 Å². The normalized spacial score (nSPS) is 11.6. The first-order valence-electron chi connectivity index (χ1n) is 49.1. The molecule has 0 aliphatic rings. The predicted molar refractivity (Wildman–Crippen MR) is 602 cm³/mol. The van der Waals surface area contributed by atoms with Crippen molar-refractivity contribution in [2.24, 2.45) is 0 Å². The van der Waals surface area contributed by atoms with Gasteiger partial charge in [-0.15, -0.1) is 0 Å². The van der Waals surface area contributed by atoms with Crippen LogP contribution in [0, 0.1) is 0 Å². The van der Waals surface area contributed by atoms with E-state index in [1.165, 1.54) is 125 Å². The van der Waals surface area contributed by atoms with Crippen LogP contribution in [0.1, 0.15) is 0 Å². The zero-order valence-electron chi connectivity index (χ0n) is 78.8. The SMILES string of the molecule is c1ccc(-c2nc(-c3ccc(-c4ccc5ccc6ccc7cccc(-c8ccccc8)c7c6c5c4)cc3)nc(-c3cccc4oc5ccccc5c34)n2)cc1.c1ccc(-c2nc(-c3ccc4c(ccc5ccc6cccc(-c7ccccc7)c6c54)c3)nc(-c3cccc4oc5ccccc5c34)n2)cc1.c1ccc(-c2nc(-c3ccccc3)nc(-c3ccc4ccc5ccc6cccc(-c7ccccc7)c6c5c4c3)n2)cc1. The van der Waals surface area contributed by atoms with E-state index >= 15 is 0 Å². The zero-order chi connectivity index (χ0) is 96.5. The Kier molecular flexibility index (Phi) is 21.3. The fourth-order valence-electron chi connectivity index (χ4n) is 21.2. The zero-order valence-corrected chi connectivity index (χ0v) is 78.8. The molecular weight excluding hydrogens is 1780 g/mol. The molecule has 11 nitrogen and oxygen atoms in total. The number of benzene rings is 24. The Hall–Kier alpha value is -19.8. The predicted octanol–water partition coefficient (Wildman–Crippen LogP) is 35.5. The molecule has 0 amide bonds. The molecule has 0 saturated heterocycles. The van der Waals surface area contributed by atoms with Gasteiger partial charge >= 0.3 is 0 Å². The van der Waals surface area contributed by atoms with E-state index in [1.54, 1.807) is 0 Å². The first-order valence-corrected chi connectivity index (χ1v) is 49.1. The summed E-state index contributed by atoms with van der Waals surface area (Å²) in [6, 6.07) is 176. The van der Waals surface area contributed by atoms with Crippen LogP contribution in [0.5, 0.6) is 0 Å². The van der Waals surface area contributed by atoms with Crippen molar-refractivity contribution in [2.75, 3.05) is 0 Å². The van der Waals surface area contributed by atoms with E-state index in [9.17, 15) is 0 Å². The topological polar surface area (TPSA) is 142 Å². The molecule has 0 radical (unpaired) electrons. The van der Waals surface area contributed by atoms with Gasteiger partial charge in [0.05, 0.1) is 0 Å². The minimum atomic E-state index is 0.605. The van der Waals surface area contributed by atoms with Gasteiger partial charge in [0.1, 0.15) is 22.3 Å². The van der Waals surface area contributed by atoms with Gasteiger partial charge < -0.3 is 8.83 Å². The van der Waals surface area contributed by atoms with Crippen LogP contribution in [0.2, 0.25) is 0 Å². The monoisotopic (exact) mass is 1860 g/mol. The maximum absolute atomic E-state index is 6.23. The van der Waals surface area contributed by atoms with E-state index < -0.39 is 0 Å². The second-order valence-electron chi connectivity index (χ2n) is 36.8. The lowest BCUT2D eigenvalue weighted by atomic mass is 9.90. The van der Waals surface area contributed by atoms with Crippen LogP contribution in [-0.4, -0.2) is 44.9 Å². The van der Waals surface area contributed by atoms with Crippen molar-refractivity contribution >= 4 is 141 Å². The molecule has 0 saturated carbocycles. The van der Waals surface area contributed by atoms with Gasteiger partial charge in [0, 0.05) is 71.6 Å². The molecule has 0 spiro atoms. The van der Waals surface area contributed by atoms with Gasteiger partial charge in [-0.3, -0.25) is 0 Å². The number of hydrogen-bond acceptors (Lipinski definition) is 11. The van der Waals surface area contributed by atoms with Crippen LogP contribution in [0.25, 0.3) is 288 Å². The van der Waals surface area contributed by atoms with Crippen molar-refractivity contribution < 1.29 is 8.83 Å². The largest absolute Gasteiger partial charge is 0.456 e. The lowest BCUT2D eigenvalue weighted by Gasteiger charge is -2.14. The quantitative estimate of drug-likeness (QED) is 0.102. The summed E-state index contributed by atoms with van der Waals surface area (Å²) in [5.74, 6) is 5.68. The van der Waals surface area contributed by atoms with Crippen LogP contribution in [-0.2, 0) is 0 Å². The van der Waals surface area contributed by atoms with Crippen LogP contribution in [0.4, 0.5) is 0 Å². The van der Waals surface area contributed by atoms with E-state index in [1.807, 2.05) is 182 Å². The second-order valence-corrected chi connectivity index (χ2v) is 36.8. The Labute approximate surface area is 839 Å². The van der Waals surface area contributed by atoms with Crippen molar-refractivity contribution in [3.8, 4) is 147 Å². The van der Waals surface area contributed by atoms with Crippen molar-refractivity contribution in [3.05, 3.63) is 504 Å². The fraction of sp³-hybridized carbons (Fsp3) is 0. The van der Waals surface area contributed by atoms with Crippen molar-refractivity contribution in [2.45, 2.75) is 0 Å². The number of nitrogens with zero attached hydrogens (tertiary/aromatic N) is 9. The minimum absolute atomic E-state index is 0.605. The van der Waals surface area contributed by atoms with Gasteiger partial charge in [-0.25, -0.2) is 44.9 Å². The molecule has 0 unspecified atom stereocenters. The van der Waals surface area contributed by atoms with E-state index in [0.717, 1.165) is 110 Å². The third-order valence-electron chi connectivity index (χ3n) is 28.1. The second kappa shape index (κ2) is 36.5. The summed E-state index contributed by atoms with van der Waals surface area (Å²) in [4.78, 5) is 45.3. The summed E-state index contributed by atoms with van der Waals surface area (Å²) >= 11 is 0. The van der Waals surface area contributed by atoms with E-state index in [4.69, 9.17) is 53.7 Å². The number of furan rings is 2. The third kappa shape index (κ3) is 15.7.